The highest BCUT2D eigenvalue weighted by molar-refractivity contribution is 8.03. The van der Waals surface area contributed by atoms with Gasteiger partial charge in [0.05, 0.1) is 4.75 Å². The van der Waals surface area contributed by atoms with Crippen LogP contribution in [-0.2, 0) is 9.54 Å². The van der Waals surface area contributed by atoms with E-state index in [1.807, 2.05) is 16.9 Å². The van der Waals surface area contributed by atoms with Gasteiger partial charge < -0.3 is 5.11 Å². The fraction of sp³-hybridized carbons (Fsp3) is 0.182. The Bertz CT molecular complexity index is 396. The lowest BCUT2D eigenvalue weighted by Gasteiger charge is -2.22. The van der Waals surface area contributed by atoms with Gasteiger partial charge in [0.2, 0.25) is 0 Å². The summed E-state index contributed by atoms with van der Waals surface area (Å²) >= 11 is 3.33. The molecule has 0 amide bonds. The highest BCUT2D eigenvalue weighted by Crippen LogP contribution is 2.48. The zero-order chi connectivity index (χ0) is 10.7. The molecule has 1 unspecified atom stereocenters. The molecule has 0 radical (unpaired) electrons. The molecule has 2 heterocycles. The molecule has 0 bridgehead atoms. The van der Waals surface area contributed by atoms with Gasteiger partial charge in [-0.15, -0.1) is 23.1 Å². The molecule has 15 heavy (non-hydrogen) atoms. The molecule has 0 saturated heterocycles. The second-order valence-corrected chi connectivity index (χ2v) is 5.42. The summed E-state index contributed by atoms with van der Waals surface area (Å²) in [6, 6.07) is 4.05. The van der Waals surface area contributed by atoms with Crippen molar-refractivity contribution in [3.63, 3.8) is 0 Å². The molecule has 1 atom stereocenters. The van der Waals surface area contributed by atoms with Crippen LogP contribution in [0.15, 0.2) is 41.1 Å². The van der Waals surface area contributed by atoms with Crippen LogP contribution in [0, 0.1) is 0 Å². The molecule has 1 aliphatic heterocycles. The molecule has 1 N–H and O–H groups in total. The number of carboxylic acids is 1. The average Bonchev–Trinajstić information content (AvgIpc) is 2.86. The summed E-state index contributed by atoms with van der Waals surface area (Å²) in [5, 5.41) is 12.7. The van der Waals surface area contributed by atoms with E-state index in [-0.39, 0.29) is 4.75 Å². The van der Waals surface area contributed by atoms with E-state index in [1.165, 1.54) is 11.0 Å². The Morgan fingerprint density at radius 2 is 2.47 bits per heavy atom. The summed E-state index contributed by atoms with van der Waals surface area (Å²) in [6.07, 6.45) is 5.96. The molecule has 0 fully saturated rings. The minimum atomic E-state index is -0.890. The number of rotatable bonds is 3. The Labute approximate surface area is 96.3 Å². The summed E-state index contributed by atoms with van der Waals surface area (Å²) in [6.45, 7) is 0. The molecule has 1 aromatic rings. The summed E-state index contributed by atoms with van der Waals surface area (Å²) < 4.78 is -0.188. The lowest BCUT2D eigenvalue weighted by molar-refractivity contribution is -0.131. The zero-order valence-electron chi connectivity index (χ0n) is 7.92. The third-order valence-corrected chi connectivity index (χ3v) is 4.68. The molecule has 2 nitrogen and oxygen atoms in total. The Kier molecular flexibility index (Phi) is 2.98. The van der Waals surface area contributed by atoms with E-state index in [0.717, 1.165) is 6.42 Å². The predicted molar refractivity (Wildman–Crippen MR) is 64.1 cm³/mol. The molecular formula is C11H10O2S2. The Hall–Kier alpha value is -1.00. The minimum Gasteiger partial charge on any atom is -0.478 e. The van der Waals surface area contributed by atoms with Crippen LogP contribution in [0.4, 0.5) is 0 Å². The van der Waals surface area contributed by atoms with Gasteiger partial charge in [-0.3, -0.25) is 0 Å². The summed E-state index contributed by atoms with van der Waals surface area (Å²) in [4.78, 5) is 11.8. The molecule has 1 aliphatic rings. The number of thioether (sulfide) groups is 1. The molecule has 4 heteroatoms. The minimum absolute atomic E-state index is 0.188. The maximum absolute atomic E-state index is 10.6. The van der Waals surface area contributed by atoms with Crippen LogP contribution in [0.25, 0.3) is 0 Å². The van der Waals surface area contributed by atoms with Gasteiger partial charge in [0.25, 0.3) is 0 Å². The Morgan fingerprint density at radius 1 is 1.60 bits per heavy atom. The van der Waals surface area contributed by atoms with Gasteiger partial charge in [0.1, 0.15) is 0 Å². The largest absolute Gasteiger partial charge is 0.478 e. The van der Waals surface area contributed by atoms with E-state index in [0.29, 0.717) is 0 Å². The topological polar surface area (TPSA) is 37.3 Å². The van der Waals surface area contributed by atoms with E-state index >= 15 is 0 Å². The number of hydrogen-bond acceptors (Lipinski definition) is 3. The first-order valence-electron chi connectivity index (χ1n) is 4.52. The molecule has 0 aromatic carbocycles. The second kappa shape index (κ2) is 4.24. The standard InChI is InChI=1S/C11H10O2S2/c12-10(13)4-6-11(5-2-8-15-11)9-3-1-7-14-9/h1-4,6-8H,5H2,(H,12,13). The quantitative estimate of drug-likeness (QED) is 0.821. The van der Waals surface area contributed by atoms with Gasteiger partial charge in [-0.25, -0.2) is 4.79 Å². The normalized spacial score (nSPS) is 25.1. The van der Waals surface area contributed by atoms with Crippen molar-refractivity contribution in [1.29, 1.82) is 0 Å². The highest BCUT2D eigenvalue weighted by Gasteiger charge is 2.32. The first kappa shape index (κ1) is 10.5. The zero-order valence-corrected chi connectivity index (χ0v) is 9.55. The van der Waals surface area contributed by atoms with Crippen LogP contribution in [-0.4, -0.2) is 11.1 Å². The van der Waals surface area contributed by atoms with Crippen molar-refractivity contribution >= 4 is 29.1 Å². The van der Waals surface area contributed by atoms with E-state index in [9.17, 15) is 4.79 Å². The molecule has 78 valence electrons. The number of carbonyl (C=O) groups is 1. The number of hydrogen-bond donors (Lipinski definition) is 1. The summed E-state index contributed by atoms with van der Waals surface area (Å²) in [5.41, 5.74) is 0. The van der Waals surface area contributed by atoms with Crippen molar-refractivity contribution in [2.75, 3.05) is 0 Å². The molecule has 1 aromatic heterocycles. The van der Waals surface area contributed by atoms with Crippen LogP contribution < -0.4 is 0 Å². The van der Waals surface area contributed by atoms with Crippen molar-refractivity contribution in [2.45, 2.75) is 11.2 Å². The highest BCUT2D eigenvalue weighted by atomic mass is 32.2. The van der Waals surface area contributed by atoms with Crippen molar-refractivity contribution < 1.29 is 9.90 Å². The molecule has 0 saturated carbocycles. The fourth-order valence-electron chi connectivity index (χ4n) is 1.51. The van der Waals surface area contributed by atoms with Gasteiger partial charge in [-0.1, -0.05) is 18.2 Å². The maximum Gasteiger partial charge on any atom is 0.328 e. The van der Waals surface area contributed by atoms with Gasteiger partial charge in [-0.05, 0) is 23.3 Å². The lowest BCUT2D eigenvalue weighted by atomic mass is 10.0. The smallest absolute Gasteiger partial charge is 0.328 e. The fourth-order valence-corrected chi connectivity index (χ4v) is 3.57. The molecule has 0 spiro atoms. The van der Waals surface area contributed by atoms with Crippen molar-refractivity contribution in [1.82, 2.24) is 0 Å². The first-order chi connectivity index (χ1) is 7.23. The lowest BCUT2D eigenvalue weighted by Crippen LogP contribution is -2.13. The van der Waals surface area contributed by atoms with E-state index < -0.39 is 5.97 Å². The number of aliphatic carboxylic acids is 1. The van der Waals surface area contributed by atoms with Crippen molar-refractivity contribution in [3.05, 3.63) is 46.0 Å². The van der Waals surface area contributed by atoms with E-state index in [1.54, 1.807) is 29.2 Å². The summed E-state index contributed by atoms with van der Waals surface area (Å²) in [7, 11) is 0. The summed E-state index contributed by atoms with van der Waals surface area (Å²) in [5.74, 6) is -0.890. The van der Waals surface area contributed by atoms with Crippen LogP contribution in [0.1, 0.15) is 11.3 Å². The van der Waals surface area contributed by atoms with Gasteiger partial charge in [-0.2, -0.15) is 0 Å². The first-order valence-corrected chi connectivity index (χ1v) is 6.28. The molecule has 2 rings (SSSR count). The number of allylic oxidation sites excluding steroid dienone is 1. The third kappa shape index (κ3) is 2.16. The third-order valence-electron chi connectivity index (χ3n) is 2.23. The van der Waals surface area contributed by atoms with Crippen molar-refractivity contribution in [2.24, 2.45) is 0 Å². The Balaban J connectivity index is 2.30. The monoisotopic (exact) mass is 238 g/mol. The average molecular weight is 238 g/mol. The maximum atomic E-state index is 10.6. The van der Waals surface area contributed by atoms with Gasteiger partial charge in [0, 0.05) is 11.0 Å². The second-order valence-electron chi connectivity index (χ2n) is 3.23. The van der Waals surface area contributed by atoms with E-state index in [2.05, 4.69) is 12.1 Å². The molecule has 0 aliphatic carbocycles. The van der Waals surface area contributed by atoms with Crippen molar-refractivity contribution in [3.8, 4) is 0 Å². The van der Waals surface area contributed by atoms with Gasteiger partial charge in [0.15, 0.2) is 0 Å². The SMILES string of the molecule is O=C(O)C=CC1(c2cccs2)CC=CS1. The van der Waals surface area contributed by atoms with Crippen LogP contribution in [0.3, 0.4) is 0 Å². The van der Waals surface area contributed by atoms with E-state index in [4.69, 9.17) is 5.11 Å². The van der Waals surface area contributed by atoms with Crippen LogP contribution in [0.2, 0.25) is 0 Å². The van der Waals surface area contributed by atoms with Gasteiger partial charge >= 0.3 is 5.97 Å². The van der Waals surface area contributed by atoms with Crippen LogP contribution in [0.5, 0.6) is 0 Å². The number of carboxylic acid groups (broad SMARTS) is 1. The predicted octanol–water partition coefficient (Wildman–Crippen LogP) is 3.23. The Morgan fingerprint density at radius 3 is 3.00 bits per heavy atom. The molecular weight excluding hydrogens is 228 g/mol. The van der Waals surface area contributed by atoms with Crippen LogP contribution >= 0.6 is 23.1 Å². The number of thiophene rings is 1.